The van der Waals surface area contributed by atoms with Gasteiger partial charge in [0.25, 0.3) is 0 Å². The summed E-state index contributed by atoms with van der Waals surface area (Å²) in [4.78, 5) is 23.8. The lowest BCUT2D eigenvalue weighted by atomic mass is 10.2. The van der Waals surface area contributed by atoms with Gasteiger partial charge in [-0.2, -0.15) is 0 Å². The largest absolute Gasteiger partial charge is 0.506 e. The predicted octanol–water partition coefficient (Wildman–Crippen LogP) is 5.09. The van der Waals surface area contributed by atoms with E-state index in [-0.39, 0.29) is 11.7 Å². The number of thiophene rings is 1. The van der Waals surface area contributed by atoms with Crippen LogP contribution in [0.5, 0.6) is 5.75 Å². The summed E-state index contributed by atoms with van der Waals surface area (Å²) in [6, 6.07) is 4.53. The molecule has 0 saturated heterocycles. The number of nitrogens with zero attached hydrogens (tertiary/aromatic N) is 2. The monoisotopic (exact) mass is 407 g/mol. The number of hydrogen-bond donors (Lipinski definition) is 2. The highest BCUT2D eigenvalue weighted by Crippen LogP contribution is 2.37. The molecule has 3 rings (SSSR count). The fourth-order valence-corrected chi connectivity index (χ4v) is 4.83. The molecule has 8 heteroatoms. The molecule has 0 radical (unpaired) electrons. The molecule has 1 atom stereocenters. The molecule has 2 N–H and O–H groups in total. The molecule has 0 saturated carbocycles. The van der Waals surface area contributed by atoms with Gasteiger partial charge in [0.15, 0.2) is 0 Å². The van der Waals surface area contributed by atoms with Crippen LogP contribution < -0.4 is 5.32 Å². The van der Waals surface area contributed by atoms with Gasteiger partial charge in [-0.15, -0.1) is 11.3 Å². The van der Waals surface area contributed by atoms with Gasteiger partial charge in [0.05, 0.1) is 10.9 Å². The second-order valence-corrected chi connectivity index (χ2v) is 8.92. The van der Waals surface area contributed by atoms with Crippen LogP contribution in [0.4, 0.5) is 5.69 Å². The zero-order chi connectivity index (χ0) is 19.0. The van der Waals surface area contributed by atoms with Crippen molar-refractivity contribution < 1.29 is 9.90 Å². The number of amides is 1. The highest BCUT2D eigenvalue weighted by atomic mass is 35.5. The molecule has 5 nitrogen and oxygen atoms in total. The second kappa shape index (κ2) is 7.42. The Morgan fingerprint density at radius 2 is 2.04 bits per heavy atom. The molecule has 1 amide bonds. The highest BCUT2D eigenvalue weighted by Gasteiger charge is 2.21. The summed E-state index contributed by atoms with van der Waals surface area (Å²) in [7, 11) is 0. The number of thioether (sulfide) groups is 1. The fourth-order valence-electron chi connectivity index (χ4n) is 2.46. The van der Waals surface area contributed by atoms with E-state index in [4.69, 9.17) is 11.6 Å². The minimum Gasteiger partial charge on any atom is -0.506 e. The Morgan fingerprint density at radius 3 is 2.77 bits per heavy atom. The van der Waals surface area contributed by atoms with Crippen molar-refractivity contribution in [1.29, 1.82) is 0 Å². The molecule has 0 aliphatic carbocycles. The van der Waals surface area contributed by atoms with Gasteiger partial charge in [0.2, 0.25) is 5.91 Å². The summed E-state index contributed by atoms with van der Waals surface area (Å²) in [5.41, 5.74) is 1.44. The standard InChI is InChI=1S/C18H18ClN3O2S2/c1-8-9(2)25-17-15(8)18(21-11(4)20-17)26-10(3)16(24)22-13-7-12(19)5-6-14(13)23/h5-7,10,23H,1-4H3,(H,22,24). The highest BCUT2D eigenvalue weighted by molar-refractivity contribution is 8.00. The topological polar surface area (TPSA) is 75.1 Å². The summed E-state index contributed by atoms with van der Waals surface area (Å²) in [6.07, 6.45) is 0. The van der Waals surface area contributed by atoms with Crippen molar-refractivity contribution >= 4 is 56.5 Å². The van der Waals surface area contributed by atoms with Crippen molar-refractivity contribution in [3.05, 3.63) is 39.5 Å². The number of carbonyl (C=O) groups excluding carboxylic acids is 1. The van der Waals surface area contributed by atoms with Crippen molar-refractivity contribution in [3.8, 4) is 5.75 Å². The molecule has 0 aliphatic heterocycles. The van der Waals surface area contributed by atoms with Gasteiger partial charge in [-0.25, -0.2) is 9.97 Å². The van der Waals surface area contributed by atoms with Crippen molar-refractivity contribution in [2.24, 2.45) is 0 Å². The number of fused-ring (bicyclic) bond motifs is 1. The van der Waals surface area contributed by atoms with Crippen LogP contribution in [-0.2, 0) is 4.79 Å². The molecule has 2 heterocycles. The number of aromatic hydroxyl groups is 1. The van der Waals surface area contributed by atoms with Crippen LogP contribution in [0.1, 0.15) is 23.2 Å². The van der Waals surface area contributed by atoms with E-state index in [0.717, 1.165) is 20.8 Å². The smallest absolute Gasteiger partial charge is 0.237 e. The summed E-state index contributed by atoms with van der Waals surface area (Å²) in [6.45, 7) is 7.76. The number of rotatable bonds is 4. The van der Waals surface area contributed by atoms with E-state index in [2.05, 4.69) is 22.2 Å². The fraction of sp³-hybridized carbons (Fsp3) is 0.278. The van der Waals surface area contributed by atoms with Gasteiger partial charge >= 0.3 is 0 Å². The molecule has 26 heavy (non-hydrogen) atoms. The van der Waals surface area contributed by atoms with Crippen molar-refractivity contribution in [3.63, 3.8) is 0 Å². The molecule has 0 spiro atoms. The lowest BCUT2D eigenvalue weighted by Crippen LogP contribution is -2.22. The number of carbonyl (C=O) groups is 1. The lowest BCUT2D eigenvalue weighted by Gasteiger charge is -2.13. The average molecular weight is 408 g/mol. The van der Waals surface area contributed by atoms with Crippen LogP contribution in [0.3, 0.4) is 0 Å². The Balaban J connectivity index is 1.85. The molecule has 0 aliphatic rings. The normalized spacial score (nSPS) is 12.3. The van der Waals surface area contributed by atoms with E-state index in [1.54, 1.807) is 24.3 Å². The minimum atomic E-state index is -0.412. The Morgan fingerprint density at radius 1 is 1.31 bits per heavy atom. The van der Waals surface area contributed by atoms with Gasteiger partial charge < -0.3 is 10.4 Å². The number of phenols is 1. The molecule has 136 valence electrons. The van der Waals surface area contributed by atoms with Crippen molar-refractivity contribution in [2.45, 2.75) is 38.0 Å². The molecular formula is C18H18ClN3O2S2. The van der Waals surface area contributed by atoms with Gasteiger partial charge in [0.1, 0.15) is 21.4 Å². The maximum atomic E-state index is 12.6. The Bertz CT molecular complexity index is 1000. The quantitative estimate of drug-likeness (QED) is 0.357. The molecule has 0 bridgehead atoms. The molecule has 2 aromatic heterocycles. The van der Waals surface area contributed by atoms with Crippen molar-refractivity contribution in [2.75, 3.05) is 5.32 Å². The van der Waals surface area contributed by atoms with E-state index >= 15 is 0 Å². The molecular weight excluding hydrogens is 390 g/mol. The van der Waals surface area contributed by atoms with E-state index in [9.17, 15) is 9.90 Å². The van der Waals surface area contributed by atoms with Gasteiger partial charge in [-0.3, -0.25) is 4.79 Å². The third-order valence-electron chi connectivity index (χ3n) is 3.98. The number of anilines is 1. The van der Waals surface area contributed by atoms with E-state index in [0.29, 0.717) is 16.5 Å². The predicted molar refractivity (Wildman–Crippen MR) is 109 cm³/mol. The van der Waals surface area contributed by atoms with E-state index in [1.165, 1.54) is 28.8 Å². The summed E-state index contributed by atoms with van der Waals surface area (Å²) in [5, 5.41) is 14.4. The number of aryl methyl sites for hydroxylation is 3. The zero-order valence-electron chi connectivity index (χ0n) is 14.8. The number of hydrogen-bond acceptors (Lipinski definition) is 6. The van der Waals surface area contributed by atoms with Crippen LogP contribution in [0.2, 0.25) is 5.02 Å². The summed E-state index contributed by atoms with van der Waals surface area (Å²) in [5.74, 6) is 0.424. The van der Waals surface area contributed by atoms with E-state index < -0.39 is 5.25 Å². The Hall–Kier alpha value is -1.83. The SMILES string of the molecule is Cc1nc(SC(C)C(=O)Nc2cc(Cl)ccc2O)c2c(C)c(C)sc2n1. The zero-order valence-corrected chi connectivity index (χ0v) is 17.1. The van der Waals surface area contributed by atoms with Crippen LogP contribution in [-0.4, -0.2) is 26.2 Å². The molecule has 1 unspecified atom stereocenters. The Labute approximate surface area is 164 Å². The lowest BCUT2D eigenvalue weighted by molar-refractivity contribution is -0.115. The first-order chi connectivity index (χ1) is 12.3. The van der Waals surface area contributed by atoms with Gasteiger partial charge in [-0.1, -0.05) is 23.4 Å². The van der Waals surface area contributed by atoms with Crippen LogP contribution in [0.25, 0.3) is 10.2 Å². The maximum Gasteiger partial charge on any atom is 0.237 e. The number of nitrogens with one attached hydrogen (secondary N) is 1. The van der Waals surface area contributed by atoms with Crippen LogP contribution in [0, 0.1) is 20.8 Å². The Kier molecular flexibility index (Phi) is 5.41. The summed E-state index contributed by atoms with van der Waals surface area (Å²) >= 11 is 8.95. The molecule has 0 fully saturated rings. The van der Waals surface area contributed by atoms with E-state index in [1.807, 2.05) is 13.8 Å². The number of aromatic nitrogens is 2. The maximum absolute atomic E-state index is 12.6. The van der Waals surface area contributed by atoms with Crippen LogP contribution in [0.15, 0.2) is 23.2 Å². The summed E-state index contributed by atoms with van der Waals surface area (Å²) < 4.78 is 0. The first-order valence-corrected chi connectivity index (χ1v) is 10.0. The number of halogens is 1. The number of benzene rings is 1. The molecule has 3 aromatic rings. The van der Waals surface area contributed by atoms with Gasteiger partial charge in [0, 0.05) is 15.3 Å². The van der Waals surface area contributed by atoms with Crippen LogP contribution >= 0.6 is 34.7 Å². The van der Waals surface area contributed by atoms with Crippen molar-refractivity contribution in [1.82, 2.24) is 9.97 Å². The van der Waals surface area contributed by atoms with Gasteiger partial charge in [-0.05, 0) is 51.5 Å². The second-order valence-electron chi connectivity index (χ2n) is 5.95. The third kappa shape index (κ3) is 3.79. The first kappa shape index (κ1) is 18.9. The minimum absolute atomic E-state index is 0.0236. The average Bonchev–Trinajstić information content (AvgIpc) is 2.85. The number of phenolic OH excluding ortho intramolecular Hbond substituents is 1. The first-order valence-electron chi connectivity index (χ1n) is 7.96. The molecule has 1 aromatic carbocycles. The third-order valence-corrected chi connectivity index (χ3v) is 6.40.